The lowest BCUT2D eigenvalue weighted by Gasteiger charge is -2.26. The van der Waals surface area contributed by atoms with Gasteiger partial charge < -0.3 is 9.47 Å². The fourth-order valence-electron chi connectivity index (χ4n) is 8.00. The Kier molecular flexibility index (Phi) is 7.85. The van der Waals surface area contributed by atoms with Gasteiger partial charge >= 0.3 is 0 Å². The first-order valence-corrected chi connectivity index (χ1v) is 18.5. The first-order valence-electron chi connectivity index (χ1n) is 18.5. The van der Waals surface area contributed by atoms with Crippen molar-refractivity contribution in [3.8, 4) is 39.1 Å². The van der Waals surface area contributed by atoms with E-state index in [1.54, 1.807) is 0 Å². The molecule has 0 aliphatic heterocycles. The Morgan fingerprint density at radius 1 is 0.296 bits per heavy atom. The molecule has 0 saturated heterocycles. The maximum absolute atomic E-state index is 2.46. The van der Waals surface area contributed by atoms with E-state index in [9.17, 15) is 0 Å². The highest BCUT2D eigenvalue weighted by atomic mass is 15.1. The molecule has 54 heavy (non-hydrogen) atoms. The summed E-state index contributed by atoms with van der Waals surface area (Å²) in [5.74, 6) is 0. The van der Waals surface area contributed by atoms with Crippen LogP contribution in [0.3, 0.4) is 0 Å². The fourth-order valence-corrected chi connectivity index (χ4v) is 8.00. The Hall–Kier alpha value is -7.16. The number of hydrogen-bond donors (Lipinski definition) is 0. The second-order valence-corrected chi connectivity index (χ2v) is 13.8. The third-order valence-electron chi connectivity index (χ3n) is 10.6. The lowest BCUT2D eigenvalue weighted by Crippen LogP contribution is -2.09. The van der Waals surface area contributed by atoms with E-state index in [1.807, 2.05) is 0 Å². The highest BCUT2D eigenvalue weighted by Crippen LogP contribution is 2.41. The molecule has 0 unspecified atom stereocenters. The van der Waals surface area contributed by atoms with Gasteiger partial charge in [-0.05, 0) is 81.7 Å². The van der Waals surface area contributed by atoms with Gasteiger partial charge in [-0.3, -0.25) is 0 Å². The van der Waals surface area contributed by atoms with E-state index in [0.717, 1.165) is 17.1 Å². The fraction of sp³-hybridized carbons (Fsp3) is 0. The van der Waals surface area contributed by atoms with Gasteiger partial charge in [0.1, 0.15) is 0 Å². The van der Waals surface area contributed by atoms with Crippen LogP contribution in [-0.4, -0.2) is 4.57 Å². The molecule has 254 valence electrons. The lowest BCUT2D eigenvalue weighted by molar-refractivity contribution is 1.19. The molecule has 9 aromatic carbocycles. The normalized spacial score (nSPS) is 11.3. The summed E-state index contributed by atoms with van der Waals surface area (Å²) in [5.41, 5.74) is 14.1. The van der Waals surface area contributed by atoms with E-state index in [2.05, 4.69) is 228 Å². The Bertz CT molecular complexity index is 2890. The number of anilines is 3. The molecule has 0 fully saturated rings. The third-order valence-corrected chi connectivity index (χ3v) is 10.6. The summed E-state index contributed by atoms with van der Waals surface area (Å²) in [6.45, 7) is 0. The van der Waals surface area contributed by atoms with Crippen molar-refractivity contribution in [3.63, 3.8) is 0 Å². The molecule has 1 aromatic heterocycles. The van der Waals surface area contributed by atoms with Crippen molar-refractivity contribution in [1.29, 1.82) is 0 Å². The number of benzene rings is 9. The summed E-state index contributed by atoms with van der Waals surface area (Å²) in [5, 5.41) is 5.02. The summed E-state index contributed by atoms with van der Waals surface area (Å²) in [6.07, 6.45) is 0. The van der Waals surface area contributed by atoms with Gasteiger partial charge in [0.15, 0.2) is 0 Å². The van der Waals surface area contributed by atoms with Crippen molar-refractivity contribution in [2.45, 2.75) is 0 Å². The standard InChI is InChI=1S/C52H36N2/c1-3-13-37(14-4-1)38-23-25-39(26-24-38)40-27-32-44(33-28-40)53(43-16-5-2-6-17-43)45-34-29-42(30-35-45)46-18-9-11-21-50(46)54-51-22-12-10-20-48(51)49-36-31-41-15-7-8-19-47(41)52(49)54/h1-36H. The molecule has 0 bridgehead atoms. The molecule has 0 saturated carbocycles. The van der Waals surface area contributed by atoms with Crippen LogP contribution in [0.4, 0.5) is 17.1 Å². The summed E-state index contributed by atoms with van der Waals surface area (Å²) >= 11 is 0. The summed E-state index contributed by atoms with van der Waals surface area (Å²) in [6, 6.07) is 78.7. The predicted octanol–water partition coefficient (Wildman–Crippen LogP) is 14.4. The first kappa shape index (κ1) is 31.6. The van der Waals surface area contributed by atoms with Gasteiger partial charge in [0.05, 0.1) is 16.7 Å². The molecule has 0 aliphatic rings. The van der Waals surface area contributed by atoms with Crippen LogP contribution in [0.1, 0.15) is 0 Å². The summed E-state index contributed by atoms with van der Waals surface area (Å²) in [4.78, 5) is 2.33. The molecule has 10 aromatic rings. The predicted molar refractivity (Wildman–Crippen MR) is 229 cm³/mol. The number of fused-ring (bicyclic) bond motifs is 5. The zero-order chi connectivity index (χ0) is 35.8. The molecular formula is C52H36N2. The smallest absolute Gasteiger partial charge is 0.0619 e. The van der Waals surface area contributed by atoms with Crippen LogP contribution in [0.15, 0.2) is 218 Å². The maximum atomic E-state index is 2.46. The van der Waals surface area contributed by atoms with E-state index in [4.69, 9.17) is 0 Å². The number of hydrogen-bond acceptors (Lipinski definition) is 1. The molecule has 0 amide bonds. The maximum Gasteiger partial charge on any atom is 0.0619 e. The van der Waals surface area contributed by atoms with Crippen molar-refractivity contribution in [2.75, 3.05) is 4.90 Å². The average Bonchev–Trinajstić information content (AvgIpc) is 3.60. The molecule has 0 atom stereocenters. The quantitative estimate of drug-likeness (QED) is 0.162. The van der Waals surface area contributed by atoms with Gasteiger partial charge in [-0.2, -0.15) is 0 Å². The zero-order valence-corrected chi connectivity index (χ0v) is 29.7. The lowest BCUT2D eigenvalue weighted by atomic mass is 10.00. The van der Waals surface area contributed by atoms with Crippen LogP contribution in [0.5, 0.6) is 0 Å². The van der Waals surface area contributed by atoms with Gasteiger partial charge in [-0.15, -0.1) is 0 Å². The Morgan fingerprint density at radius 2 is 0.778 bits per heavy atom. The van der Waals surface area contributed by atoms with E-state index in [1.165, 1.54) is 71.6 Å². The van der Waals surface area contributed by atoms with E-state index in [-0.39, 0.29) is 0 Å². The third kappa shape index (κ3) is 5.53. The van der Waals surface area contributed by atoms with Crippen LogP contribution in [0.25, 0.3) is 71.6 Å². The minimum absolute atomic E-state index is 1.10. The Labute approximate surface area is 315 Å². The number of nitrogens with zero attached hydrogens (tertiary/aromatic N) is 2. The molecule has 0 N–H and O–H groups in total. The van der Waals surface area contributed by atoms with Crippen molar-refractivity contribution < 1.29 is 0 Å². The minimum atomic E-state index is 1.10. The zero-order valence-electron chi connectivity index (χ0n) is 29.7. The van der Waals surface area contributed by atoms with Crippen LogP contribution >= 0.6 is 0 Å². The molecule has 0 aliphatic carbocycles. The SMILES string of the molecule is c1ccc(-c2ccc(-c3ccc(N(c4ccccc4)c4ccc(-c5ccccc5-n5c6ccccc6c6ccc7ccccc7c65)cc4)cc3)cc2)cc1. The van der Waals surface area contributed by atoms with Crippen LogP contribution in [0, 0.1) is 0 Å². The monoisotopic (exact) mass is 688 g/mol. The second-order valence-electron chi connectivity index (χ2n) is 13.8. The summed E-state index contributed by atoms with van der Waals surface area (Å²) in [7, 11) is 0. The second kappa shape index (κ2) is 13.4. The van der Waals surface area contributed by atoms with Crippen LogP contribution in [-0.2, 0) is 0 Å². The highest BCUT2D eigenvalue weighted by molar-refractivity contribution is 6.18. The first-order chi connectivity index (χ1) is 26.8. The molecule has 2 nitrogen and oxygen atoms in total. The van der Waals surface area contributed by atoms with E-state index in [0.29, 0.717) is 0 Å². The van der Waals surface area contributed by atoms with Crippen LogP contribution < -0.4 is 4.90 Å². The van der Waals surface area contributed by atoms with Gasteiger partial charge in [-0.1, -0.05) is 170 Å². The Morgan fingerprint density at radius 3 is 1.46 bits per heavy atom. The van der Waals surface area contributed by atoms with Crippen molar-refractivity contribution in [3.05, 3.63) is 218 Å². The molecule has 0 spiro atoms. The number of rotatable bonds is 7. The largest absolute Gasteiger partial charge is 0.311 e. The molecule has 10 rings (SSSR count). The van der Waals surface area contributed by atoms with Gasteiger partial charge in [-0.25, -0.2) is 0 Å². The average molecular weight is 689 g/mol. The van der Waals surface area contributed by atoms with Crippen molar-refractivity contribution >= 4 is 49.6 Å². The Balaban J connectivity index is 1.03. The molecule has 0 radical (unpaired) electrons. The van der Waals surface area contributed by atoms with Gasteiger partial charge in [0.25, 0.3) is 0 Å². The van der Waals surface area contributed by atoms with Gasteiger partial charge in [0, 0.05) is 38.8 Å². The van der Waals surface area contributed by atoms with Gasteiger partial charge in [0.2, 0.25) is 0 Å². The molecule has 1 heterocycles. The van der Waals surface area contributed by atoms with E-state index >= 15 is 0 Å². The van der Waals surface area contributed by atoms with Crippen molar-refractivity contribution in [1.82, 2.24) is 4.57 Å². The topological polar surface area (TPSA) is 8.17 Å². The number of aromatic nitrogens is 1. The van der Waals surface area contributed by atoms with Crippen LogP contribution in [0.2, 0.25) is 0 Å². The minimum Gasteiger partial charge on any atom is -0.311 e. The summed E-state index contributed by atoms with van der Waals surface area (Å²) < 4.78 is 2.46. The molecular weight excluding hydrogens is 653 g/mol. The molecule has 2 heteroatoms. The highest BCUT2D eigenvalue weighted by Gasteiger charge is 2.18. The van der Waals surface area contributed by atoms with E-state index < -0.39 is 0 Å². The van der Waals surface area contributed by atoms with Crippen molar-refractivity contribution in [2.24, 2.45) is 0 Å². The number of para-hydroxylation sites is 3.